The van der Waals surface area contributed by atoms with Crippen LogP contribution in [0.15, 0.2) is 101 Å². The smallest absolute Gasteiger partial charge is 0.257 e. The summed E-state index contributed by atoms with van der Waals surface area (Å²) in [4.78, 5) is 34.7. The zero-order valence-electron chi connectivity index (χ0n) is 17.3. The Bertz CT molecular complexity index is 1440. The Morgan fingerprint density at radius 1 is 1.03 bits per heavy atom. The summed E-state index contributed by atoms with van der Waals surface area (Å²) in [7, 11) is 0. The van der Waals surface area contributed by atoms with E-state index in [-0.39, 0.29) is 11.5 Å². The van der Waals surface area contributed by atoms with Gasteiger partial charge in [0.15, 0.2) is 10.9 Å². The van der Waals surface area contributed by atoms with Gasteiger partial charge in [0.2, 0.25) is 0 Å². The molecule has 0 atom stereocenters. The number of hydrogen-bond donors (Lipinski definition) is 1. The molecule has 0 saturated heterocycles. The number of carbonyl (C=O) groups is 1. The molecule has 1 aromatic carbocycles. The molecule has 0 aliphatic rings. The Hall–Kier alpha value is -4.30. The highest BCUT2D eigenvalue weighted by molar-refractivity contribution is 7.19. The molecule has 5 aromatic rings. The number of nitrogens with one attached hydrogen (secondary N) is 1. The molecule has 4 heterocycles. The molecule has 1 N–H and O–H groups in total. The van der Waals surface area contributed by atoms with Gasteiger partial charge < -0.3 is 8.98 Å². The molecule has 0 radical (unpaired) electrons. The van der Waals surface area contributed by atoms with Crippen molar-refractivity contribution in [3.05, 3.63) is 113 Å². The van der Waals surface area contributed by atoms with Gasteiger partial charge in [-0.15, -0.1) is 0 Å². The average molecular weight is 455 g/mol. The highest BCUT2D eigenvalue weighted by Gasteiger charge is 2.19. The molecular formula is C25H18N4O3S. The highest BCUT2D eigenvalue weighted by atomic mass is 32.1. The minimum absolute atomic E-state index is 0.127. The number of benzene rings is 1. The van der Waals surface area contributed by atoms with E-state index in [0.29, 0.717) is 34.3 Å². The normalized spacial score (nSPS) is 10.8. The molecule has 0 saturated carbocycles. The first kappa shape index (κ1) is 20.6. The Labute approximate surface area is 193 Å². The number of hydrogen-bond acceptors (Lipinski definition) is 6. The van der Waals surface area contributed by atoms with Crippen LogP contribution in [-0.2, 0) is 6.54 Å². The topological polar surface area (TPSA) is 90.0 Å². The fourth-order valence-electron chi connectivity index (χ4n) is 3.38. The Kier molecular flexibility index (Phi) is 5.65. The summed E-state index contributed by atoms with van der Waals surface area (Å²) in [6.45, 7) is 0.487. The standard InChI is InChI=1S/C25H18N4O3S/c30-21-15-19(10-13-29(21)16-17-5-2-1-3-6-17)23-22(20-7-4-14-32-20)27-25(33-23)28-24(31)18-8-11-26-12-9-18/h1-15H,16H2,(H,27,28,31). The van der Waals surface area contributed by atoms with E-state index in [1.54, 1.807) is 59.8 Å². The van der Waals surface area contributed by atoms with Crippen LogP contribution in [0, 0.1) is 0 Å². The van der Waals surface area contributed by atoms with Gasteiger partial charge in [-0.25, -0.2) is 4.98 Å². The van der Waals surface area contributed by atoms with Crippen molar-refractivity contribution in [1.82, 2.24) is 14.5 Å². The van der Waals surface area contributed by atoms with E-state index in [0.717, 1.165) is 10.4 Å². The van der Waals surface area contributed by atoms with Gasteiger partial charge in [0.1, 0.15) is 5.69 Å². The lowest BCUT2D eigenvalue weighted by Crippen LogP contribution is -2.19. The average Bonchev–Trinajstić information content (AvgIpc) is 3.52. The molecule has 0 unspecified atom stereocenters. The summed E-state index contributed by atoms with van der Waals surface area (Å²) in [6.07, 6.45) is 6.44. The van der Waals surface area contributed by atoms with Crippen molar-refractivity contribution in [2.75, 3.05) is 5.32 Å². The molecule has 33 heavy (non-hydrogen) atoms. The van der Waals surface area contributed by atoms with Gasteiger partial charge in [0.05, 0.1) is 17.7 Å². The molecular weight excluding hydrogens is 436 g/mol. The van der Waals surface area contributed by atoms with Crippen molar-refractivity contribution >= 4 is 22.4 Å². The highest BCUT2D eigenvalue weighted by Crippen LogP contribution is 2.38. The van der Waals surface area contributed by atoms with Gasteiger partial charge in [0, 0.05) is 35.8 Å². The zero-order chi connectivity index (χ0) is 22.6. The van der Waals surface area contributed by atoms with Gasteiger partial charge in [-0.3, -0.25) is 19.9 Å². The van der Waals surface area contributed by atoms with Crippen LogP contribution in [0.5, 0.6) is 0 Å². The maximum Gasteiger partial charge on any atom is 0.257 e. The van der Waals surface area contributed by atoms with Crippen molar-refractivity contribution in [1.29, 1.82) is 0 Å². The van der Waals surface area contributed by atoms with Crippen molar-refractivity contribution in [2.45, 2.75) is 6.54 Å². The molecule has 0 aliphatic carbocycles. The number of carbonyl (C=O) groups excluding carboxylic acids is 1. The number of furan rings is 1. The number of nitrogens with zero attached hydrogens (tertiary/aromatic N) is 3. The van der Waals surface area contributed by atoms with Gasteiger partial charge in [0.25, 0.3) is 11.5 Å². The first-order chi connectivity index (χ1) is 16.2. The third-order valence-corrected chi connectivity index (χ3v) is 6.02. The summed E-state index contributed by atoms with van der Waals surface area (Å²) in [5.41, 5.74) is 2.66. The van der Waals surface area contributed by atoms with Crippen LogP contribution >= 0.6 is 11.3 Å². The van der Waals surface area contributed by atoms with Crippen molar-refractivity contribution in [3.8, 4) is 21.9 Å². The SMILES string of the molecule is O=C(Nc1nc(-c2ccco2)c(-c2ccn(Cc3ccccc3)c(=O)c2)s1)c1ccncc1. The van der Waals surface area contributed by atoms with Gasteiger partial charge >= 0.3 is 0 Å². The third-order valence-electron chi connectivity index (χ3n) is 5.00. The molecule has 1 amide bonds. The fourth-order valence-corrected chi connectivity index (χ4v) is 4.34. The van der Waals surface area contributed by atoms with E-state index in [1.807, 2.05) is 36.4 Å². The molecule has 8 heteroatoms. The molecule has 7 nitrogen and oxygen atoms in total. The predicted octanol–water partition coefficient (Wildman–Crippen LogP) is 4.93. The number of thiazole rings is 1. The Balaban J connectivity index is 1.48. The molecule has 162 valence electrons. The van der Waals surface area contributed by atoms with E-state index in [1.165, 1.54) is 11.3 Å². The molecule has 0 aliphatic heterocycles. The van der Waals surface area contributed by atoms with Crippen LogP contribution < -0.4 is 10.9 Å². The first-order valence-corrected chi connectivity index (χ1v) is 11.0. The molecule has 5 rings (SSSR count). The second kappa shape index (κ2) is 9.05. The van der Waals surface area contributed by atoms with Crippen LogP contribution in [0.4, 0.5) is 5.13 Å². The molecule has 4 aromatic heterocycles. The molecule has 0 spiro atoms. The summed E-state index contributed by atoms with van der Waals surface area (Å²) in [5.74, 6) is 0.265. The lowest BCUT2D eigenvalue weighted by atomic mass is 10.1. The number of rotatable bonds is 6. The largest absolute Gasteiger partial charge is 0.463 e. The first-order valence-electron chi connectivity index (χ1n) is 10.2. The van der Waals surface area contributed by atoms with Crippen LogP contribution in [0.2, 0.25) is 0 Å². The summed E-state index contributed by atoms with van der Waals surface area (Å²) >= 11 is 1.29. The maximum absolute atomic E-state index is 12.8. The van der Waals surface area contributed by atoms with Crippen LogP contribution in [0.1, 0.15) is 15.9 Å². The lowest BCUT2D eigenvalue weighted by Gasteiger charge is -2.07. The van der Waals surface area contributed by atoms with Crippen molar-refractivity contribution in [3.63, 3.8) is 0 Å². The van der Waals surface area contributed by atoms with E-state index >= 15 is 0 Å². The number of aromatic nitrogens is 3. The second-order valence-corrected chi connectivity index (χ2v) is 8.23. The van der Waals surface area contributed by atoms with Crippen LogP contribution in [0.25, 0.3) is 21.9 Å². The van der Waals surface area contributed by atoms with Gasteiger partial charge in [-0.2, -0.15) is 0 Å². The van der Waals surface area contributed by atoms with E-state index in [4.69, 9.17) is 4.42 Å². The minimum atomic E-state index is -0.290. The molecule has 0 fully saturated rings. The predicted molar refractivity (Wildman–Crippen MR) is 127 cm³/mol. The maximum atomic E-state index is 12.8. The van der Waals surface area contributed by atoms with E-state index in [2.05, 4.69) is 15.3 Å². The summed E-state index contributed by atoms with van der Waals surface area (Å²) in [5, 5.41) is 3.23. The lowest BCUT2D eigenvalue weighted by molar-refractivity contribution is 0.102. The number of amides is 1. The van der Waals surface area contributed by atoms with E-state index in [9.17, 15) is 9.59 Å². The monoisotopic (exact) mass is 454 g/mol. The minimum Gasteiger partial charge on any atom is -0.463 e. The van der Waals surface area contributed by atoms with Crippen LogP contribution in [-0.4, -0.2) is 20.4 Å². The second-order valence-electron chi connectivity index (χ2n) is 7.23. The Morgan fingerprint density at radius 2 is 1.85 bits per heavy atom. The van der Waals surface area contributed by atoms with Crippen molar-refractivity contribution in [2.24, 2.45) is 0 Å². The zero-order valence-corrected chi connectivity index (χ0v) is 18.2. The molecule has 0 bridgehead atoms. The van der Waals surface area contributed by atoms with Crippen molar-refractivity contribution < 1.29 is 9.21 Å². The number of anilines is 1. The van der Waals surface area contributed by atoms with Gasteiger partial charge in [-0.05, 0) is 35.9 Å². The Morgan fingerprint density at radius 3 is 2.58 bits per heavy atom. The number of pyridine rings is 2. The quantitative estimate of drug-likeness (QED) is 0.393. The summed E-state index contributed by atoms with van der Waals surface area (Å²) < 4.78 is 7.21. The third kappa shape index (κ3) is 4.51. The van der Waals surface area contributed by atoms with Crippen LogP contribution in [0.3, 0.4) is 0 Å². The summed E-state index contributed by atoms with van der Waals surface area (Å²) in [6, 6.07) is 20.1. The van der Waals surface area contributed by atoms with Gasteiger partial charge in [-0.1, -0.05) is 41.7 Å². The fraction of sp³-hybridized carbons (Fsp3) is 0.0400. The van der Waals surface area contributed by atoms with E-state index < -0.39 is 0 Å².